The van der Waals surface area contributed by atoms with Crippen molar-refractivity contribution in [3.05, 3.63) is 267 Å². The molecule has 0 bridgehead atoms. The van der Waals surface area contributed by atoms with Gasteiger partial charge < -0.3 is 9.47 Å². The summed E-state index contributed by atoms with van der Waals surface area (Å²) in [5.41, 5.74) is 18.6. The Bertz CT molecular complexity index is 3980. The summed E-state index contributed by atoms with van der Waals surface area (Å²) < 4.78 is 4.98. The van der Waals surface area contributed by atoms with E-state index in [-0.39, 0.29) is 0 Å². The molecule has 69 heavy (non-hydrogen) atoms. The number of thiophene rings is 1. The van der Waals surface area contributed by atoms with Gasteiger partial charge >= 0.3 is 0 Å². The van der Waals surface area contributed by atoms with Crippen molar-refractivity contribution in [2.75, 3.05) is 4.90 Å². The Balaban J connectivity index is 1.01. The van der Waals surface area contributed by atoms with Crippen molar-refractivity contribution in [3.8, 4) is 61.3 Å². The molecular weight excluding hydrogens is 853 g/mol. The smallest absolute Gasteiger partial charge is 0.0547 e. The minimum Gasteiger partial charge on any atom is -0.310 e. The van der Waals surface area contributed by atoms with Gasteiger partial charge in [-0.3, -0.25) is 0 Å². The Kier molecular flexibility index (Phi) is 10.1. The lowest BCUT2D eigenvalue weighted by Gasteiger charge is -2.29. The second-order valence-corrected chi connectivity index (χ2v) is 18.8. The zero-order valence-electron chi connectivity index (χ0n) is 37.7. The molecule has 0 unspecified atom stereocenters. The van der Waals surface area contributed by atoms with Crippen molar-refractivity contribution < 1.29 is 0 Å². The molecule has 0 saturated heterocycles. The summed E-state index contributed by atoms with van der Waals surface area (Å²) in [6.45, 7) is 0. The molecule has 0 amide bonds. The maximum Gasteiger partial charge on any atom is 0.0547 e. The van der Waals surface area contributed by atoms with Crippen molar-refractivity contribution in [2.45, 2.75) is 0 Å². The highest BCUT2D eigenvalue weighted by Gasteiger charge is 2.22. The van der Waals surface area contributed by atoms with Crippen molar-refractivity contribution in [2.24, 2.45) is 0 Å². The number of nitrogens with zero attached hydrogens (tertiary/aromatic N) is 2. The molecule has 0 aliphatic rings. The number of rotatable bonds is 9. The predicted molar refractivity (Wildman–Crippen MR) is 296 cm³/mol. The molecule has 13 rings (SSSR count). The van der Waals surface area contributed by atoms with E-state index in [9.17, 15) is 0 Å². The molecule has 0 radical (unpaired) electrons. The number of para-hydroxylation sites is 3. The highest BCUT2D eigenvalue weighted by molar-refractivity contribution is 7.25. The fourth-order valence-corrected chi connectivity index (χ4v) is 11.4. The molecule has 2 nitrogen and oxygen atoms in total. The normalized spacial score (nSPS) is 11.5. The van der Waals surface area contributed by atoms with E-state index >= 15 is 0 Å². The average molecular weight is 897 g/mol. The van der Waals surface area contributed by atoms with Gasteiger partial charge in [0.15, 0.2) is 0 Å². The largest absolute Gasteiger partial charge is 0.310 e. The van der Waals surface area contributed by atoms with E-state index in [1.165, 1.54) is 75.4 Å². The minimum atomic E-state index is 1.09. The Labute approximate surface area is 405 Å². The molecule has 11 aromatic carbocycles. The maximum absolute atomic E-state index is 2.45. The summed E-state index contributed by atoms with van der Waals surface area (Å²) in [5.74, 6) is 0. The number of aromatic nitrogens is 1. The minimum absolute atomic E-state index is 1.09. The van der Waals surface area contributed by atoms with Crippen LogP contribution in [0.3, 0.4) is 0 Å². The first-order chi connectivity index (χ1) is 34.2. The van der Waals surface area contributed by atoms with E-state index in [1.54, 1.807) is 0 Å². The van der Waals surface area contributed by atoms with Crippen LogP contribution >= 0.6 is 11.3 Å². The molecule has 2 aromatic heterocycles. The van der Waals surface area contributed by atoms with Crippen LogP contribution in [0.25, 0.3) is 103 Å². The summed E-state index contributed by atoms with van der Waals surface area (Å²) in [6, 6.07) is 97.6. The highest BCUT2D eigenvalue weighted by Crippen LogP contribution is 2.47. The number of hydrogen-bond acceptors (Lipinski definition) is 2. The van der Waals surface area contributed by atoms with Crippen LogP contribution in [-0.4, -0.2) is 4.57 Å². The molecule has 0 N–H and O–H groups in total. The quantitative estimate of drug-likeness (QED) is 0.140. The molecule has 2 heterocycles. The van der Waals surface area contributed by atoms with Crippen LogP contribution in [0, 0.1) is 0 Å². The van der Waals surface area contributed by atoms with Gasteiger partial charge in [-0.15, -0.1) is 11.3 Å². The summed E-state index contributed by atoms with van der Waals surface area (Å²) in [5, 5.41) is 5.04. The van der Waals surface area contributed by atoms with Gasteiger partial charge in [0.05, 0.1) is 16.7 Å². The van der Waals surface area contributed by atoms with Crippen molar-refractivity contribution in [1.29, 1.82) is 0 Å². The Hall–Kier alpha value is -8.76. The highest BCUT2D eigenvalue weighted by atomic mass is 32.1. The lowest BCUT2D eigenvalue weighted by atomic mass is 9.89. The first-order valence-electron chi connectivity index (χ1n) is 23.6. The molecule has 3 heteroatoms. The number of benzene rings is 11. The van der Waals surface area contributed by atoms with Gasteiger partial charge in [0.2, 0.25) is 0 Å². The standard InChI is InChI=1S/C66H44N2S/c1-4-16-45(17-5-1)47-28-30-49(31-29-47)60-42-50(51-35-40-58-57-23-11-14-26-63(57)68(64(58)43-51)52-20-8-3-9-21-52)34-39-55(60)56-22-10-13-25-62(56)67(53-36-32-48(33-37-53)46-18-6-2-7-19-46)54-38-41-66-61(44-54)59-24-12-15-27-65(59)69-66/h1-44H. The molecular formula is C66H44N2S. The zero-order chi connectivity index (χ0) is 45.7. The van der Waals surface area contributed by atoms with Crippen LogP contribution in [0.2, 0.25) is 0 Å². The fraction of sp³-hybridized carbons (Fsp3) is 0. The number of anilines is 3. The van der Waals surface area contributed by atoms with Gasteiger partial charge in [-0.25, -0.2) is 0 Å². The third-order valence-electron chi connectivity index (χ3n) is 13.6. The molecule has 0 atom stereocenters. The number of hydrogen-bond donors (Lipinski definition) is 0. The Morgan fingerprint density at radius 2 is 0.797 bits per heavy atom. The molecule has 0 fully saturated rings. The van der Waals surface area contributed by atoms with Crippen LogP contribution in [0.4, 0.5) is 17.1 Å². The molecule has 0 spiro atoms. The lowest BCUT2D eigenvalue weighted by Crippen LogP contribution is -2.11. The summed E-state index contributed by atoms with van der Waals surface area (Å²) in [6.07, 6.45) is 0. The summed E-state index contributed by atoms with van der Waals surface area (Å²) in [4.78, 5) is 2.45. The van der Waals surface area contributed by atoms with E-state index < -0.39 is 0 Å². The summed E-state index contributed by atoms with van der Waals surface area (Å²) >= 11 is 1.85. The van der Waals surface area contributed by atoms with E-state index in [1.807, 2.05) is 11.3 Å². The van der Waals surface area contributed by atoms with Crippen LogP contribution in [0.5, 0.6) is 0 Å². The Morgan fingerprint density at radius 1 is 0.275 bits per heavy atom. The zero-order valence-corrected chi connectivity index (χ0v) is 38.5. The second kappa shape index (κ2) is 17.2. The first kappa shape index (κ1) is 40.5. The molecule has 0 aliphatic heterocycles. The van der Waals surface area contributed by atoms with Crippen molar-refractivity contribution in [1.82, 2.24) is 4.57 Å². The van der Waals surface area contributed by atoms with Gasteiger partial charge in [-0.05, 0) is 123 Å². The predicted octanol–water partition coefficient (Wildman–Crippen LogP) is 19.0. The average Bonchev–Trinajstić information content (AvgIpc) is 3.97. The first-order valence-corrected chi connectivity index (χ1v) is 24.4. The molecule has 0 aliphatic carbocycles. The van der Waals surface area contributed by atoms with Crippen molar-refractivity contribution >= 4 is 70.4 Å². The van der Waals surface area contributed by atoms with E-state index in [0.29, 0.717) is 0 Å². The fourth-order valence-electron chi connectivity index (χ4n) is 10.3. The van der Waals surface area contributed by atoms with Gasteiger partial charge in [0.25, 0.3) is 0 Å². The van der Waals surface area contributed by atoms with Crippen LogP contribution in [0.1, 0.15) is 0 Å². The SMILES string of the molecule is c1ccc(-c2ccc(-c3cc(-c4ccc5c6ccccc6n(-c6ccccc6)c5c4)ccc3-c3ccccc3N(c3ccc(-c4ccccc4)cc3)c3ccc4sc5ccccc5c4c3)cc2)cc1. The lowest BCUT2D eigenvalue weighted by molar-refractivity contribution is 1.18. The van der Waals surface area contributed by atoms with Gasteiger partial charge in [-0.2, -0.15) is 0 Å². The third-order valence-corrected chi connectivity index (χ3v) is 14.8. The summed E-state index contributed by atoms with van der Waals surface area (Å²) in [7, 11) is 0. The van der Waals surface area contributed by atoms with Gasteiger partial charge in [0, 0.05) is 53.6 Å². The van der Waals surface area contributed by atoms with E-state index in [4.69, 9.17) is 0 Å². The van der Waals surface area contributed by atoms with E-state index in [0.717, 1.165) is 45.0 Å². The van der Waals surface area contributed by atoms with Gasteiger partial charge in [0.1, 0.15) is 0 Å². The topological polar surface area (TPSA) is 8.17 Å². The van der Waals surface area contributed by atoms with Crippen LogP contribution in [-0.2, 0) is 0 Å². The molecule has 13 aromatic rings. The third kappa shape index (κ3) is 7.28. The van der Waals surface area contributed by atoms with Crippen LogP contribution < -0.4 is 4.90 Å². The van der Waals surface area contributed by atoms with Gasteiger partial charge in [-0.1, -0.05) is 194 Å². The monoisotopic (exact) mass is 896 g/mol. The molecule has 0 saturated carbocycles. The second-order valence-electron chi connectivity index (χ2n) is 17.7. The molecule has 324 valence electrons. The van der Waals surface area contributed by atoms with Crippen molar-refractivity contribution in [3.63, 3.8) is 0 Å². The Morgan fingerprint density at radius 3 is 1.55 bits per heavy atom. The maximum atomic E-state index is 2.45. The number of fused-ring (bicyclic) bond motifs is 6. The van der Waals surface area contributed by atoms with E-state index in [2.05, 4.69) is 276 Å². The van der Waals surface area contributed by atoms with Crippen LogP contribution in [0.15, 0.2) is 267 Å².